The lowest BCUT2D eigenvalue weighted by Crippen LogP contribution is -2.06. The number of carbonyl (C=O) groups excluding carboxylic acids is 2. The van der Waals surface area contributed by atoms with Crippen molar-refractivity contribution in [2.24, 2.45) is 0 Å². The molecular formula is C25H48O4. The van der Waals surface area contributed by atoms with Crippen molar-refractivity contribution in [2.75, 3.05) is 13.2 Å². The fourth-order valence-electron chi connectivity index (χ4n) is 3.35. The molecule has 0 unspecified atom stereocenters. The summed E-state index contributed by atoms with van der Waals surface area (Å²) in [4.78, 5) is 23.3. The predicted octanol–water partition coefficient (Wildman–Crippen LogP) is 7.52. The van der Waals surface area contributed by atoms with E-state index in [0.717, 1.165) is 57.8 Å². The summed E-state index contributed by atoms with van der Waals surface area (Å²) in [6.45, 7) is 5.51. The van der Waals surface area contributed by atoms with Gasteiger partial charge in [-0.05, 0) is 25.7 Å². The average molecular weight is 413 g/mol. The Morgan fingerprint density at radius 3 is 1.14 bits per heavy atom. The van der Waals surface area contributed by atoms with Crippen molar-refractivity contribution in [3.8, 4) is 0 Å². The van der Waals surface area contributed by atoms with Crippen molar-refractivity contribution >= 4 is 11.9 Å². The molecule has 0 aromatic carbocycles. The Balaban J connectivity index is 3.24. The van der Waals surface area contributed by atoms with Gasteiger partial charge in [0.2, 0.25) is 0 Å². The molecule has 0 aliphatic carbocycles. The molecule has 0 amide bonds. The van der Waals surface area contributed by atoms with Crippen LogP contribution in [0.5, 0.6) is 0 Å². The SMILES string of the molecule is CCCCCCCCC(=O)OCCCCCCCOC(=O)CCCCCCCC. The van der Waals surface area contributed by atoms with Crippen LogP contribution in [0.25, 0.3) is 0 Å². The summed E-state index contributed by atoms with van der Waals surface area (Å²) < 4.78 is 10.6. The van der Waals surface area contributed by atoms with Gasteiger partial charge in [0.25, 0.3) is 0 Å². The van der Waals surface area contributed by atoms with Gasteiger partial charge in [0.05, 0.1) is 13.2 Å². The van der Waals surface area contributed by atoms with Crippen molar-refractivity contribution in [1.29, 1.82) is 0 Å². The van der Waals surface area contributed by atoms with Gasteiger partial charge in [-0.3, -0.25) is 9.59 Å². The fourth-order valence-corrected chi connectivity index (χ4v) is 3.35. The minimum Gasteiger partial charge on any atom is -0.466 e. The van der Waals surface area contributed by atoms with Crippen molar-refractivity contribution < 1.29 is 19.1 Å². The van der Waals surface area contributed by atoms with Gasteiger partial charge in [-0.15, -0.1) is 0 Å². The highest BCUT2D eigenvalue weighted by atomic mass is 16.5. The summed E-state index contributed by atoms with van der Waals surface area (Å²) in [5.41, 5.74) is 0. The number of unbranched alkanes of at least 4 members (excludes halogenated alkanes) is 14. The highest BCUT2D eigenvalue weighted by molar-refractivity contribution is 5.69. The molecular weight excluding hydrogens is 364 g/mol. The third kappa shape index (κ3) is 23.1. The quantitative estimate of drug-likeness (QED) is 0.136. The van der Waals surface area contributed by atoms with Crippen LogP contribution in [-0.2, 0) is 19.1 Å². The third-order valence-corrected chi connectivity index (χ3v) is 5.28. The maximum Gasteiger partial charge on any atom is 0.305 e. The van der Waals surface area contributed by atoms with Gasteiger partial charge >= 0.3 is 11.9 Å². The summed E-state index contributed by atoms with van der Waals surface area (Å²) in [5.74, 6) is -0.0875. The molecule has 0 aromatic rings. The molecule has 0 N–H and O–H groups in total. The van der Waals surface area contributed by atoms with E-state index >= 15 is 0 Å². The molecule has 0 spiro atoms. The Labute approximate surface area is 180 Å². The van der Waals surface area contributed by atoms with E-state index in [9.17, 15) is 9.59 Å². The Kier molecular flexibility index (Phi) is 22.4. The largest absolute Gasteiger partial charge is 0.466 e. The van der Waals surface area contributed by atoms with E-state index in [2.05, 4.69) is 13.8 Å². The topological polar surface area (TPSA) is 52.6 Å². The molecule has 4 heteroatoms. The molecule has 0 heterocycles. The van der Waals surface area contributed by atoms with Crippen LogP contribution in [0.1, 0.15) is 136 Å². The molecule has 0 saturated heterocycles. The van der Waals surface area contributed by atoms with Crippen LogP contribution in [0.4, 0.5) is 0 Å². The van der Waals surface area contributed by atoms with Crippen molar-refractivity contribution in [1.82, 2.24) is 0 Å². The molecule has 0 aromatic heterocycles. The summed E-state index contributed by atoms with van der Waals surface area (Å²) in [5, 5.41) is 0. The van der Waals surface area contributed by atoms with E-state index in [-0.39, 0.29) is 11.9 Å². The van der Waals surface area contributed by atoms with Crippen LogP contribution in [0.15, 0.2) is 0 Å². The predicted molar refractivity (Wildman–Crippen MR) is 121 cm³/mol. The maximum atomic E-state index is 11.6. The molecule has 0 fully saturated rings. The Morgan fingerprint density at radius 1 is 0.448 bits per heavy atom. The number of hydrogen-bond donors (Lipinski definition) is 0. The van der Waals surface area contributed by atoms with Gasteiger partial charge in [0.15, 0.2) is 0 Å². The van der Waals surface area contributed by atoms with Crippen LogP contribution >= 0.6 is 0 Å². The zero-order chi connectivity index (χ0) is 21.4. The van der Waals surface area contributed by atoms with E-state index in [1.165, 1.54) is 51.4 Å². The van der Waals surface area contributed by atoms with Gasteiger partial charge in [-0.1, -0.05) is 97.3 Å². The average Bonchev–Trinajstić information content (AvgIpc) is 2.71. The molecule has 0 bridgehead atoms. The second-order valence-corrected chi connectivity index (χ2v) is 8.24. The lowest BCUT2D eigenvalue weighted by molar-refractivity contribution is -0.144. The normalized spacial score (nSPS) is 10.8. The standard InChI is InChI=1S/C25H48O4/c1-3-5-7-9-12-16-20-24(26)28-22-18-14-11-15-19-23-29-25(27)21-17-13-10-8-6-4-2/h3-23H2,1-2H3. The minimum absolute atomic E-state index is 0.0437. The third-order valence-electron chi connectivity index (χ3n) is 5.28. The molecule has 0 atom stereocenters. The van der Waals surface area contributed by atoms with E-state index < -0.39 is 0 Å². The highest BCUT2D eigenvalue weighted by Crippen LogP contribution is 2.09. The molecule has 172 valence electrons. The zero-order valence-corrected chi connectivity index (χ0v) is 19.5. The smallest absolute Gasteiger partial charge is 0.305 e. The van der Waals surface area contributed by atoms with E-state index in [4.69, 9.17) is 9.47 Å². The Morgan fingerprint density at radius 2 is 0.759 bits per heavy atom. The fraction of sp³-hybridized carbons (Fsp3) is 0.920. The van der Waals surface area contributed by atoms with Crippen molar-refractivity contribution in [3.05, 3.63) is 0 Å². The van der Waals surface area contributed by atoms with Crippen LogP contribution in [0.3, 0.4) is 0 Å². The number of hydrogen-bond acceptors (Lipinski definition) is 4. The summed E-state index contributed by atoms with van der Waals surface area (Å²) in [7, 11) is 0. The van der Waals surface area contributed by atoms with E-state index in [0.29, 0.717) is 26.1 Å². The lowest BCUT2D eigenvalue weighted by atomic mass is 10.1. The second-order valence-electron chi connectivity index (χ2n) is 8.24. The van der Waals surface area contributed by atoms with Crippen molar-refractivity contribution in [2.45, 2.75) is 136 Å². The summed E-state index contributed by atoms with van der Waals surface area (Å²) in [6.07, 6.45) is 20.6. The summed E-state index contributed by atoms with van der Waals surface area (Å²) >= 11 is 0. The van der Waals surface area contributed by atoms with Gasteiger partial charge in [-0.2, -0.15) is 0 Å². The number of ether oxygens (including phenoxy) is 2. The summed E-state index contributed by atoms with van der Waals surface area (Å²) in [6, 6.07) is 0. The molecule has 29 heavy (non-hydrogen) atoms. The first-order chi connectivity index (χ1) is 14.2. The van der Waals surface area contributed by atoms with Crippen molar-refractivity contribution in [3.63, 3.8) is 0 Å². The molecule has 0 aliphatic heterocycles. The van der Waals surface area contributed by atoms with E-state index in [1.54, 1.807) is 0 Å². The van der Waals surface area contributed by atoms with Crippen LogP contribution in [0.2, 0.25) is 0 Å². The van der Waals surface area contributed by atoms with Gasteiger partial charge in [0, 0.05) is 12.8 Å². The minimum atomic E-state index is -0.0437. The van der Waals surface area contributed by atoms with Crippen LogP contribution in [-0.4, -0.2) is 25.2 Å². The zero-order valence-electron chi connectivity index (χ0n) is 19.5. The maximum absolute atomic E-state index is 11.6. The van der Waals surface area contributed by atoms with Crippen LogP contribution < -0.4 is 0 Å². The van der Waals surface area contributed by atoms with Gasteiger partial charge < -0.3 is 9.47 Å². The molecule has 4 nitrogen and oxygen atoms in total. The first-order valence-electron chi connectivity index (χ1n) is 12.5. The number of esters is 2. The Bertz CT molecular complexity index is 334. The molecule has 0 aliphatic rings. The Hall–Kier alpha value is -1.06. The highest BCUT2D eigenvalue weighted by Gasteiger charge is 2.04. The molecule has 0 rings (SSSR count). The van der Waals surface area contributed by atoms with Gasteiger partial charge in [0.1, 0.15) is 0 Å². The number of carbonyl (C=O) groups is 2. The van der Waals surface area contributed by atoms with Gasteiger partial charge in [-0.25, -0.2) is 0 Å². The number of rotatable bonds is 22. The van der Waals surface area contributed by atoms with Crippen LogP contribution in [0, 0.1) is 0 Å². The first-order valence-corrected chi connectivity index (χ1v) is 12.5. The van der Waals surface area contributed by atoms with E-state index in [1.807, 2.05) is 0 Å². The lowest BCUT2D eigenvalue weighted by Gasteiger charge is -2.06. The molecule has 0 radical (unpaired) electrons. The second kappa shape index (κ2) is 23.2. The molecule has 0 saturated carbocycles. The first kappa shape index (κ1) is 27.9. The monoisotopic (exact) mass is 412 g/mol.